The Balaban J connectivity index is 3.30. The van der Waals surface area contributed by atoms with Crippen molar-refractivity contribution in [2.45, 2.75) is 19.9 Å². The van der Waals surface area contributed by atoms with Crippen LogP contribution >= 0.6 is 0 Å². The van der Waals surface area contributed by atoms with Crippen molar-refractivity contribution in [2.75, 3.05) is 19.8 Å². The average Bonchev–Trinajstić information content (AvgIpc) is 2.01. The zero-order valence-electron chi connectivity index (χ0n) is 6.96. The first-order chi connectivity index (χ1) is 5.20. The Morgan fingerprint density at radius 2 is 2.36 bits per heavy atom. The van der Waals surface area contributed by atoms with Crippen LogP contribution in [0.4, 0.5) is 0 Å². The molecule has 0 aromatic carbocycles. The van der Waals surface area contributed by atoms with Gasteiger partial charge in [-0.1, -0.05) is 0 Å². The fourth-order valence-electron chi connectivity index (χ4n) is 0.534. The van der Waals surface area contributed by atoms with Crippen molar-refractivity contribution in [1.82, 2.24) is 5.32 Å². The van der Waals surface area contributed by atoms with Gasteiger partial charge in [0.15, 0.2) is 0 Å². The van der Waals surface area contributed by atoms with Crippen molar-refractivity contribution in [3.8, 4) is 0 Å². The maximum absolute atomic E-state index is 10.7. The summed E-state index contributed by atoms with van der Waals surface area (Å²) in [6.45, 7) is 4.13. The Hall–Kier alpha value is -0.610. The number of hydrogen-bond donors (Lipinski definition) is 2. The van der Waals surface area contributed by atoms with Gasteiger partial charge in [0.1, 0.15) is 0 Å². The largest absolute Gasteiger partial charge is 0.465 e. The van der Waals surface area contributed by atoms with Crippen molar-refractivity contribution in [1.29, 1.82) is 0 Å². The first kappa shape index (κ1) is 10.4. The van der Waals surface area contributed by atoms with E-state index < -0.39 is 0 Å². The van der Waals surface area contributed by atoms with E-state index in [0.717, 1.165) is 0 Å². The summed E-state index contributed by atoms with van der Waals surface area (Å²) < 4.78 is 4.65. The van der Waals surface area contributed by atoms with E-state index in [1.54, 1.807) is 13.8 Å². The number of aliphatic hydroxyl groups is 1. The molecule has 0 aliphatic heterocycles. The molecular weight excluding hydrogens is 146 g/mol. The summed E-state index contributed by atoms with van der Waals surface area (Å²) in [4.78, 5) is 10.7. The van der Waals surface area contributed by atoms with Gasteiger partial charge in [0, 0.05) is 6.04 Å². The van der Waals surface area contributed by atoms with Gasteiger partial charge in [0.2, 0.25) is 0 Å². The van der Waals surface area contributed by atoms with Crippen LogP contribution in [0.15, 0.2) is 0 Å². The van der Waals surface area contributed by atoms with Gasteiger partial charge in [-0.3, -0.25) is 4.79 Å². The molecule has 0 aliphatic carbocycles. The monoisotopic (exact) mass is 161 g/mol. The van der Waals surface area contributed by atoms with E-state index in [1.807, 2.05) is 0 Å². The van der Waals surface area contributed by atoms with Gasteiger partial charge in [-0.25, -0.2) is 0 Å². The second-order valence-electron chi connectivity index (χ2n) is 2.27. The third kappa shape index (κ3) is 5.82. The molecule has 4 nitrogen and oxygen atoms in total. The van der Waals surface area contributed by atoms with E-state index in [-0.39, 0.29) is 25.2 Å². The summed E-state index contributed by atoms with van der Waals surface area (Å²) in [5, 5.41) is 11.4. The van der Waals surface area contributed by atoms with Crippen molar-refractivity contribution in [2.24, 2.45) is 0 Å². The standard InChI is InChI=1S/C7H15NO3/c1-3-11-7(10)4-8-6(2)5-9/h6,8-9H,3-5H2,1-2H3/t6-/m1/s1. The van der Waals surface area contributed by atoms with E-state index in [9.17, 15) is 4.79 Å². The summed E-state index contributed by atoms with van der Waals surface area (Å²) in [5.41, 5.74) is 0. The van der Waals surface area contributed by atoms with Gasteiger partial charge >= 0.3 is 5.97 Å². The lowest BCUT2D eigenvalue weighted by Gasteiger charge is -2.08. The van der Waals surface area contributed by atoms with Crippen molar-refractivity contribution in [3.05, 3.63) is 0 Å². The summed E-state index contributed by atoms with van der Waals surface area (Å²) in [5.74, 6) is -0.284. The second-order valence-corrected chi connectivity index (χ2v) is 2.27. The molecule has 4 heteroatoms. The summed E-state index contributed by atoms with van der Waals surface area (Å²) in [6.07, 6.45) is 0. The summed E-state index contributed by atoms with van der Waals surface area (Å²) in [6, 6.07) is -0.0561. The van der Waals surface area contributed by atoms with Gasteiger partial charge in [-0.05, 0) is 13.8 Å². The lowest BCUT2D eigenvalue weighted by Crippen LogP contribution is -2.34. The van der Waals surface area contributed by atoms with E-state index in [4.69, 9.17) is 5.11 Å². The number of ether oxygens (including phenoxy) is 1. The molecule has 0 amide bonds. The molecule has 0 rings (SSSR count). The molecule has 66 valence electrons. The van der Waals surface area contributed by atoms with Gasteiger partial charge in [-0.15, -0.1) is 0 Å². The van der Waals surface area contributed by atoms with Crippen LogP contribution in [0.5, 0.6) is 0 Å². The van der Waals surface area contributed by atoms with Gasteiger partial charge < -0.3 is 15.2 Å². The molecule has 0 radical (unpaired) electrons. The Kier molecular flexibility index (Phi) is 5.78. The SMILES string of the molecule is CCOC(=O)CN[C@H](C)CO. The molecular formula is C7H15NO3. The molecule has 11 heavy (non-hydrogen) atoms. The minimum absolute atomic E-state index is 0.0272. The number of esters is 1. The van der Waals surface area contributed by atoms with Crippen molar-refractivity contribution >= 4 is 5.97 Å². The third-order valence-corrected chi connectivity index (χ3v) is 1.17. The van der Waals surface area contributed by atoms with E-state index in [2.05, 4.69) is 10.1 Å². The van der Waals surface area contributed by atoms with Gasteiger partial charge in [0.05, 0.1) is 19.8 Å². The second kappa shape index (κ2) is 6.12. The molecule has 1 atom stereocenters. The quantitative estimate of drug-likeness (QED) is 0.535. The molecule has 0 saturated carbocycles. The molecule has 0 unspecified atom stereocenters. The highest BCUT2D eigenvalue weighted by atomic mass is 16.5. The molecule has 0 aliphatic rings. The van der Waals surface area contributed by atoms with Crippen molar-refractivity contribution in [3.63, 3.8) is 0 Å². The van der Waals surface area contributed by atoms with E-state index in [1.165, 1.54) is 0 Å². The highest BCUT2D eigenvalue weighted by Crippen LogP contribution is 1.79. The molecule has 0 spiro atoms. The zero-order chi connectivity index (χ0) is 8.69. The van der Waals surface area contributed by atoms with E-state index in [0.29, 0.717) is 6.61 Å². The molecule has 0 bridgehead atoms. The maximum atomic E-state index is 10.7. The number of hydrogen-bond acceptors (Lipinski definition) is 4. The van der Waals surface area contributed by atoms with Crippen LogP contribution in [0, 0.1) is 0 Å². The Labute approximate surface area is 66.5 Å². The Morgan fingerprint density at radius 3 is 2.82 bits per heavy atom. The van der Waals surface area contributed by atoms with Gasteiger partial charge in [0.25, 0.3) is 0 Å². The lowest BCUT2D eigenvalue weighted by atomic mass is 10.3. The third-order valence-electron chi connectivity index (χ3n) is 1.17. The van der Waals surface area contributed by atoms with Crippen molar-refractivity contribution < 1.29 is 14.6 Å². The van der Waals surface area contributed by atoms with Gasteiger partial charge in [-0.2, -0.15) is 0 Å². The summed E-state index contributed by atoms with van der Waals surface area (Å²) >= 11 is 0. The van der Waals surface area contributed by atoms with E-state index >= 15 is 0 Å². The predicted molar refractivity (Wildman–Crippen MR) is 41.2 cm³/mol. The topological polar surface area (TPSA) is 58.6 Å². The highest BCUT2D eigenvalue weighted by molar-refractivity contribution is 5.71. The maximum Gasteiger partial charge on any atom is 0.319 e. The number of carbonyl (C=O) groups is 1. The van der Waals surface area contributed by atoms with Crippen LogP contribution in [-0.4, -0.2) is 36.9 Å². The minimum atomic E-state index is -0.284. The fraction of sp³-hybridized carbons (Fsp3) is 0.857. The summed E-state index contributed by atoms with van der Waals surface area (Å²) in [7, 11) is 0. The van der Waals surface area contributed by atoms with Crippen LogP contribution in [0.3, 0.4) is 0 Å². The first-order valence-electron chi connectivity index (χ1n) is 3.70. The van der Waals surface area contributed by atoms with Crippen LogP contribution in [0.25, 0.3) is 0 Å². The molecule has 0 aromatic heterocycles. The number of rotatable bonds is 5. The normalized spacial score (nSPS) is 12.6. The highest BCUT2D eigenvalue weighted by Gasteiger charge is 2.03. The molecule has 2 N–H and O–H groups in total. The van der Waals surface area contributed by atoms with Crippen LogP contribution in [0.1, 0.15) is 13.8 Å². The van der Waals surface area contributed by atoms with Crippen LogP contribution in [0.2, 0.25) is 0 Å². The fourth-order valence-corrected chi connectivity index (χ4v) is 0.534. The zero-order valence-corrected chi connectivity index (χ0v) is 6.96. The Morgan fingerprint density at radius 1 is 1.73 bits per heavy atom. The number of nitrogens with one attached hydrogen (secondary N) is 1. The smallest absolute Gasteiger partial charge is 0.319 e. The first-order valence-corrected chi connectivity index (χ1v) is 3.70. The number of aliphatic hydroxyl groups excluding tert-OH is 1. The molecule has 0 saturated heterocycles. The lowest BCUT2D eigenvalue weighted by molar-refractivity contribution is -0.142. The average molecular weight is 161 g/mol. The predicted octanol–water partition coefficient (Wildman–Crippen LogP) is -0.480. The van der Waals surface area contributed by atoms with Crippen LogP contribution in [-0.2, 0) is 9.53 Å². The molecule has 0 heterocycles. The molecule has 0 fully saturated rings. The number of carbonyl (C=O) groups excluding carboxylic acids is 1. The Bertz CT molecular complexity index is 116. The van der Waals surface area contributed by atoms with Crippen LogP contribution < -0.4 is 5.32 Å². The minimum Gasteiger partial charge on any atom is -0.465 e. The molecule has 0 aromatic rings.